The van der Waals surface area contributed by atoms with Crippen LogP contribution in [0.1, 0.15) is 16.4 Å². The van der Waals surface area contributed by atoms with Gasteiger partial charge in [-0.2, -0.15) is 24.1 Å². The van der Waals surface area contributed by atoms with E-state index in [-0.39, 0.29) is 17.9 Å². The molecule has 0 aliphatic heterocycles. The molecule has 12 heteroatoms. The zero-order valence-corrected chi connectivity index (χ0v) is 15.3. The van der Waals surface area contributed by atoms with Crippen LogP contribution in [0.4, 0.5) is 14.6 Å². The molecule has 0 spiro atoms. The molecule has 4 rings (SSSR count). The van der Waals surface area contributed by atoms with E-state index in [1.165, 1.54) is 29.2 Å². The molecule has 4 heterocycles. The minimum atomic E-state index is -3.36. The van der Waals surface area contributed by atoms with Gasteiger partial charge < -0.3 is 5.32 Å². The lowest BCUT2D eigenvalue weighted by molar-refractivity contribution is 0.0378. The van der Waals surface area contributed by atoms with Gasteiger partial charge in [0.25, 0.3) is 5.56 Å². The first-order valence-electron chi connectivity index (χ1n) is 8.12. The number of hydrogen-bond donors (Lipinski definition) is 3. The molecule has 9 nitrogen and oxygen atoms in total. The topological polar surface area (TPSA) is 117 Å². The molecular weight excluding hydrogens is 390 g/mol. The maximum Gasteiger partial charge on any atom is 0.342 e. The van der Waals surface area contributed by atoms with Gasteiger partial charge in [0.15, 0.2) is 5.01 Å². The number of nitrogens with one attached hydrogen (secondary N) is 3. The van der Waals surface area contributed by atoms with Crippen molar-refractivity contribution in [2.45, 2.75) is 12.5 Å². The summed E-state index contributed by atoms with van der Waals surface area (Å²) in [6, 6.07) is 4.26. The lowest BCUT2D eigenvalue weighted by Crippen LogP contribution is -2.22. The molecule has 0 saturated carbocycles. The Bertz CT molecular complexity index is 1130. The van der Waals surface area contributed by atoms with Crippen LogP contribution in [0.15, 0.2) is 41.6 Å². The summed E-state index contributed by atoms with van der Waals surface area (Å²) < 4.78 is 30.6. The Labute approximate surface area is 160 Å². The predicted molar refractivity (Wildman–Crippen MR) is 98.4 cm³/mol. The number of aromatic amines is 2. The maximum absolute atomic E-state index is 14.7. The molecule has 3 N–H and O–H groups in total. The van der Waals surface area contributed by atoms with Gasteiger partial charge in [0.05, 0.1) is 23.3 Å². The highest BCUT2D eigenvalue weighted by Crippen LogP contribution is 2.42. The van der Waals surface area contributed by atoms with Crippen molar-refractivity contribution < 1.29 is 8.78 Å². The first-order valence-corrected chi connectivity index (χ1v) is 8.94. The Morgan fingerprint density at radius 2 is 2.04 bits per heavy atom. The Hall–Kier alpha value is -3.41. The summed E-state index contributed by atoms with van der Waals surface area (Å²) in [7, 11) is 1.57. The summed E-state index contributed by atoms with van der Waals surface area (Å²) in [5, 5.41) is 19.1. The third-order valence-corrected chi connectivity index (χ3v) is 5.13. The minimum Gasteiger partial charge on any atom is -0.372 e. The van der Waals surface area contributed by atoms with Crippen LogP contribution in [-0.2, 0) is 12.5 Å². The molecule has 4 aromatic heterocycles. The van der Waals surface area contributed by atoms with E-state index < -0.39 is 16.6 Å². The van der Waals surface area contributed by atoms with Gasteiger partial charge in [0.1, 0.15) is 11.5 Å². The van der Waals surface area contributed by atoms with Gasteiger partial charge in [0, 0.05) is 31.1 Å². The molecule has 0 radical (unpaired) electrons. The summed E-state index contributed by atoms with van der Waals surface area (Å²) in [5.74, 6) is -3.13. The van der Waals surface area contributed by atoms with Crippen molar-refractivity contribution in [1.82, 2.24) is 35.2 Å². The predicted octanol–water partition coefficient (Wildman–Crippen LogP) is 2.04. The highest BCUT2D eigenvalue weighted by molar-refractivity contribution is 7.15. The van der Waals surface area contributed by atoms with Crippen molar-refractivity contribution >= 4 is 17.2 Å². The van der Waals surface area contributed by atoms with Crippen LogP contribution in [-0.4, -0.2) is 42.2 Å². The maximum atomic E-state index is 14.7. The third-order valence-electron chi connectivity index (χ3n) is 3.96. The van der Waals surface area contributed by atoms with E-state index in [4.69, 9.17) is 0 Å². The average Bonchev–Trinajstić information content (AvgIpc) is 3.44. The standard InChI is InChI=1S/C16H14F2N8OS/c1-19-14-13(28-15(23-14)16(17,18)11-3-5-21-25-11)9-6-12(27)26(22-7-9)8-10-2-4-20-24-10/h2-7,19H,8H2,1H3,(H,20,24)(H,21,25). The molecule has 4 aromatic rings. The van der Waals surface area contributed by atoms with Crippen LogP contribution in [0.3, 0.4) is 0 Å². The molecule has 0 amide bonds. The second-order valence-electron chi connectivity index (χ2n) is 5.79. The highest BCUT2D eigenvalue weighted by atomic mass is 32.1. The highest BCUT2D eigenvalue weighted by Gasteiger charge is 2.40. The van der Waals surface area contributed by atoms with Crippen molar-refractivity contribution in [2.75, 3.05) is 12.4 Å². The van der Waals surface area contributed by atoms with Crippen LogP contribution < -0.4 is 10.9 Å². The largest absolute Gasteiger partial charge is 0.372 e. The van der Waals surface area contributed by atoms with Crippen molar-refractivity contribution in [3.63, 3.8) is 0 Å². The number of hydrogen-bond acceptors (Lipinski definition) is 7. The SMILES string of the molecule is CNc1nc(C(F)(F)c2cc[nH]n2)sc1-c1cnn(Cc2cc[nH]n2)c(=O)c1. The van der Waals surface area contributed by atoms with Gasteiger partial charge in [0.2, 0.25) is 0 Å². The first kappa shape index (κ1) is 18.0. The second kappa shape index (κ2) is 6.96. The Balaban J connectivity index is 1.70. The van der Waals surface area contributed by atoms with Crippen LogP contribution >= 0.6 is 11.3 Å². The quantitative estimate of drug-likeness (QED) is 0.453. The normalized spacial score (nSPS) is 11.7. The van der Waals surface area contributed by atoms with Crippen LogP contribution in [0.5, 0.6) is 0 Å². The number of aromatic nitrogens is 7. The van der Waals surface area contributed by atoms with Gasteiger partial charge in [-0.05, 0) is 12.1 Å². The van der Waals surface area contributed by atoms with E-state index in [1.807, 2.05) is 0 Å². The summed E-state index contributed by atoms with van der Waals surface area (Å²) in [6.45, 7) is 0.201. The van der Waals surface area contributed by atoms with Crippen molar-refractivity contribution in [1.29, 1.82) is 0 Å². The van der Waals surface area contributed by atoms with E-state index in [0.717, 1.165) is 11.3 Å². The molecule has 144 valence electrons. The van der Waals surface area contributed by atoms with Crippen molar-refractivity contribution in [2.24, 2.45) is 0 Å². The fraction of sp³-hybridized carbons (Fsp3) is 0.188. The molecule has 0 atom stereocenters. The summed E-state index contributed by atoms with van der Waals surface area (Å²) in [5.41, 5.74) is 0.241. The molecule has 0 saturated heterocycles. The fourth-order valence-electron chi connectivity index (χ4n) is 2.57. The van der Waals surface area contributed by atoms with Crippen molar-refractivity contribution in [3.8, 4) is 10.4 Å². The molecule has 0 unspecified atom stereocenters. The zero-order chi connectivity index (χ0) is 19.7. The minimum absolute atomic E-state index is 0.201. The number of thiazole rings is 1. The molecule has 0 aromatic carbocycles. The number of nitrogens with zero attached hydrogens (tertiary/aromatic N) is 5. The van der Waals surface area contributed by atoms with Gasteiger partial charge >= 0.3 is 5.92 Å². The lowest BCUT2D eigenvalue weighted by Gasteiger charge is -2.09. The molecule has 28 heavy (non-hydrogen) atoms. The van der Waals surface area contributed by atoms with Gasteiger partial charge in [-0.1, -0.05) is 0 Å². The van der Waals surface area contributed by atoms with E-state index in [2.05, 4.69) is 35.8 Å². The smallest absolute Gasteiger partial charge is 0.342 e. The number of alkyl halides is 2. The number of H-pyrrole nitrogens is 2. The molecule has 0 bridgehead atoms. The zero-order valence-electron chi connectivity index (χ0n) is 14.5. The van der Waals surface area contributed by atoms with E-state index in [0.29, 0.717) is 16.1 Å². The number of anilines is 1. The van der Waals surface area contributed by atoms with Gasteiger partial charge in [-0.25, -0.2) is 9.67 Å². The first-order chi connectivity index (χ1) is 13.5. The Kier molecular flexibility index (Phi) is 4.47. The summed E-state index contributed by atoms with van der Waals surface area (Å²) in [6.07, 6.45) is 4.41. The van der Waals surface area contributed by atoms with Gasteiger partial charge in [-0.15, -0.1) is 11.3 Å². The van der Waals surface area contributed by atoms with E-state index in [9.17, 15) is 13.6 Å². The average molecular weight is 404 g/mol. The van der Waals surface area contributed by atoms with E-state index in [1.54, 1.807) is 19.3 Å². The van der Waals surface area contributed by atoms with Crippen molar-refractivity contribution in [3.05, 3.63) is 63.5 Å². The fourth-order valence-corrected chi connectivity index (χ4v) is 3.61. The second-order valence-corrected chi connectivity index (χ2v) is 6.79. The summed E-state index contributed by atoms with van der Waals surface area (Å²) in [4.78, 5) is 16.8. The molecule has 0 aliphatic carbocycles. The summed E-state index contributed by atoms with van der Waals surface area (Å²) >= 11 is 0.779. The molecule has 0 fully saturated rings. The van der Waals surface area contributed by atoms with Crippen LogP contribution in [0.25, 0.3) is 10.4 Å². The number of halogens is 2. The molecule has 0 aliphatic rings. The van der Waals surface area contributed by atoms with E-state index >= 15 is 0 Å². The Morgan fingerprint density at radius 3 is 2.68 bits per heavy atom. The molecular formula is C16H14F2N8OS. The van der Waals surface area contributed by atoms with Gasteiger partial charge in [-0.3, -0.25) is 15.0 Å². The van der Waals surface area contributed by atoms with Crippen LogP contribution in [0.2, 0.25) is 0 Å². The lowest BCUT2D eigenvalue weighted by atomic mass is 10.2. The monoisotopic (exact) mass is 404 g/mol. The van der Waals surface area contributed by atoms with Crippen LogP contribution in [0, 0.1) is 0 Å². The number of rotatable bonds is 6. The third kappa shape index (κ3) is 3.17. The Morgan fingerprint density at radius 1 is 1.25 bits per heavy atom.